The van der Waals surface area contributed by atoms with Crippen LogP contribution in [0.5, 0.6) is 0 Å². The van der Waals surface area contributed by atoms with E-state index in [1.807, 2.05) is 12.4 Å². The van der Waals surface area contributed by atoms with Crippen LogP contribution in [-0.4, -0.2) is 11.5 Å². The zero-order valence-electron chi connectivity index (χ0n) is 10.2. The van der Waals surface area contributed by atoms with Crippen molar-refractivity contribution in [2.75, 3.05) is 6.54 Å². The van der Waals surface area contributed by atoms with Crippen molar-refractivity contribution < 1.29 is 0 Å². The minimum absolute atomic E-state index is 0.408. The highest BCUT2D eigenvalue weighted by Gasteiger charge is 2.10. The highest BCUT2D eigenvalue weighted by molar-refractivity contribution is 5.13. The summed E-state index contributed by atoms with van der Waals surface area (Å²) in [5.74, 6) is 0. The Kier molecular flexibility index (Phi) is 4.28. The van der Waals surface area contributed by atoms with Crippen LogP contribution >= 0.6 is 0 Å². The third kappa shape index (κ3) is 4.93. The molecule has 0 radical (unpaired) electrons. The number of hydrogen-bond donors (Lipinski definition) is 1. The normalized spacial score (nSPS) is 13.9. The number of hydrogen-bond acceptors (Lipinski definition) is 2. The van der Waals surface area contributed by atoms with E-state index in [9.17, 15) is 0 Å². The van der Waals surface area contributed by atoms with Crippen molar-refractivity contribution in [3.8, 4) is 0 Å². The molecule has 84 valence electrons. The molecule has 0 aliphatic rings. The third-order valence-corrected chi connectivity index (χ3v) is 2.53. The summed E-state index contributed by atoms with van der Waals surface area (Å²) >= 11 is 0. The van der Waals surface area contributed by atoms with Gasteiger partial charge in [0.25, 0.3) is 0 Å². The average molecular weight is 206 g/mol. The summed E-state index contributed by atoms with van der Waals surface area (Å²) in [6.45, 7) is 10.1. The van der Waals surface area contributed by atoms with E-state index in [0.29, 0.717) is 11.5 Å². The minimum Gasteiger partial charge on any atom is -0.310 e. The Morgan fingerprint density at radius 2 is 1.87 bits per heavy atom. The van der Waals surface area contributed by atoms with Gasteiger partial charge in [-0.3, -0.25) is 4.98 Å². The van der Waals surface area contributed by atoms with Crippen molar-refractivity contribution in [1.29, 1.82) is 0 Å². The number of nitrogens with one attached hydrogen (secondary N) is 1. The van der Waals surface area contributed by atoms with Crippen LogP contribution in [0.4, 0.5) is 0 Å². The van der Waals surface area contributed by atoms with Gasteiger partial charge in [-0.15, -0.1) is 0 Å². The van der Waals surface area contributed by atoms with Gasteiger partial charge < -0.3 is 5.32 Å². The summed E-state index contributed by atoms with van der Waals surface area (Å²) in [7, 11) is 0. The zero-order chi connectivity index (χ0) is 11.3. The zero-order valence-corrected chi connectivity index (χ0v) is 10.2. The largest absolute Gasteiger partial charge is 0.310 e. The predicted octanol–water partition coefficient (Wildman–Crippen LogP) is 3.17. The lowest BCUT2D eigenvalue weighted by Crippen LogP contribution is -2.23. The Morgan fingerprint density at radius 1 is 1.27 bits per heavy atom. The molecule has 1 heterocycles. The Morgan fingerprint density at radius 3 is 2.40 bits per heavy atom. The monoisotopic (exact) mass is 206 g/mol. The molecule has 1 aromatic heterocycles. The average Bonchev–Trinajstić information content (AvgIpc) is 2.17. The van der Waals surface area contributed by atoms with Gasteiger partial charge in [-0.05, 0) is 43.0 Å². The molecule has 2 nitrogen and oxygen atoms in total. The molecular formula is C13H22N2. The summed E-state index contributed by atoms with van der Waals surface area (Å²) in [5, 5.41) is 3.53. The van der Waals surface area contributed by atoms with Crippen LogP contribution in [0.15, 0.2) is 24.5 Å². The Labute approximate surface area is 93.1 Å². The molecule has 0 bridgehead atoms. The second-order valence-corrected chi connectivity index (χ2v) is 5.27. The third-order valence-electron chi connectivity index (χ3n) is 2.53. The van der Waals surface area contributed by atoms with Crippen molar-refractivity contribution >= 4 is 0 Å². The van der Waals surface area contributed by atoms with Crippen LogP contribution in [0.1, 0.15) is 45.7 Å². The first-order valence-electron chi connectivity index (χ1n) is 5.62. The van der Waals surface area contributed by atoms with Crippen LogP contribution in [0.25, 0.3) is 0 Å². The highest BCUT2D eigenvalue weighted by atomic mass is 14.9. The highest BCUT2D eigenvalue weighted by Crippen LogP contribution is 2.18. The lowest BCUT2D eigenvalue weighted by Gasteiger charge is -2.20. The first kappa shape index (κ1) is 12.2. The predicted molar refractivity (Wildman–Crippen MR) is 64.7 cm³/mol. The maximum absolute atomic E-state index is 4.02. The lowest BCUT2D eigenvalue weighted by molar-refractivity contribution is 0.358. The van der Waals surface area contributed by atoms with E-state index in [4.69, 9.17) is 0 Å². The molecular weight excluding hydrogens is 184 g/mol. The van der Waals surface area contributed by atoms with Gasteiger partial charge in [0.1, 0.15) is 0 Å². The molecule has 0 spiro atoms. The van der Waals surface area contributed by atoms with E-state index in [0.717, 1.165) is 6.54 Å². The summed E-state index contributed by atoms with van der Waals surface area (Å²) in [6, 6.07) is 4.54. The molecule has 0 saturated heterocycles. The van der Waals surface area contributed by atoms with E-state index in [1.54, 1.807) is 0 Å². The number of aromatic nitrogens is 1. The molecule has 0 aliphatic carbocycles. The van der Waals surface area contributed by atoms with Gasteiger partial charge >= 0.3 is 0 Å². The van der Waals surface area contributed by atoms with Gasteiger partial charge in [-0.1, -0.05) is 20.8 Å². The van der Waals surface area contributed by atoms with Crippen LogP contribution < -0.4 is 5.32 Å². The summed E-state index contributed by atoms with van der Waals surface area (Å²) < 4.78 is 0. The van der Waals surface area contributed by atoms with Crippen molar-refractivity contribution in [2.45, 2.75) is 40.2 Å². The molecule has 1 aromatic rings. The second-order valence-electron chi connectivity index (χ2n) is 5.27. The standard InChI is InChI=1S/C13H22N2/c1-11(12-5-8-14-9-6-12)15-10-7-13(2,3)4/h5-6,8-9,11,15H,7,10H2,1-4H3/t11-/m0/s1. The van der Waals surface area contributed by atoms with Crippen molar-refractivity contribution in [3.05, 3.63) is 30.1 Å². The molecule has 1 N–H and O–H groups in total. The van der Waals surface area contributed by atoms with Crippen molar-refractivity contribution in [1.82, 2.24) is 10.3 Å². The van der Waals surface area contributed by atoms with Crippen molar-refractivity contribution in [3.63, 3.8) is 0 Å². The molecule has 0 unspecified atom stereocenters. The molecule has 0 aliphatic heterocycles. The minimum atomic E-state index is 0.408. The molecule has 15 heavy (non-hydrogen) atoms. The van der Waals surface area contributed by atoms with Gasteiger partial charge in [0.15, 0.2) is 0 Å². The summed E-state index contributed by atoms with van der Waals surface area (Å²) in [5.41, 5.74) is 1.71. The van der Waals surface area contributed by atoms with Gasteiger partial charge in [0.05, 0.1) is 0 Å². The van der Waals surface area contributed by atoms with E-state index in [2.05, 4.69) is 50.1 Å². The maximum Gasteiger partial charge on any atom is 0.0292 e. The quantitative estimate of drug-likeness (QED) is 0.818. The fraction of sp³-hybridized carbons (Fsp3) is 0.615. The van der Waals surface area contributed by atoms with Gasteiger partial charge in [0, 0.05) is 18.4 Å². The molecule has 2 heteroatoms. The van der Waals surface area contributed by atoms with Gasteiger partial charge in [0.2, 0.25) is 0 Å². The number of nitrogens with zero attached hydrogens (tertiary/aromatic N) is 1. The van der Waals surface area contributed by atoms with E-state index < -0.39 is 0 Å². The van der Waals surface area contributed by atoms with Crippen LogP contribution in [0.3, 0.4) is 0 Å². The Hall–Kier alpha value is -0.890. The SMILES string of the molecule is C[C@H](NCCC(C)(C)C)c1ccncc1. The van der Waals surface area contributed by atoms with Gasteiger partial charge in [-0.2, -0.15) is 0 Å². The number of pyridine rings is 1. The first-order chi connectivity index (χ1) is 6.99. The first-order valence-corrected chi connectivity index (χ1v) is 5.62. The summed E-state index contributed by atoms with van der Waals surface area (Å²) in [4.78, 5) is 4.02. The molecule has 0 saturated carbocycles. The van der Waals surface area contributed by atoms with Crippen molar-refractivity contribution in [2.24, 2.45) is 5.41 Å². The smallest absolute Gasteiger partial charge is 0.0292 e. The fourth-order valence-corrected chi connectivity index (χ4v) is 1.43. The second kappa shape index (κ2) is 5.26. The fourth-order valence-electron chi connectivity index (χ4n) is 1.43. The van der Waals surface area contributed by atoms with Gasteiger partial charge in [-0.25, -0.2) is 0 Å². The molecule has 1 rings (SSSR count). The van der Waals surface area contributed by atoms with Crippen LogP contribution in [0.2, 0.25) is 0 Å². The Bertz CT molecular complexity index is 274. The lowest BCUT2D eigenvalue weighted by atomic mass is 9.92. The van der Waals surface area contributed by atoms with E-state index >= 15 is 0 Å². The molecule has 0 amide bonds. The number of rotatable bonds is 4. The molecule has 0 aromatic carbocycles. The van der Waals surface area contributed by atoms with E-state index in [1.165, 1.54) is 12.0 Å². The van der Waals surface area contributed by atoms with Crippen LogP contribution in [0, 0.1) is 5.41 Å². The Balaban J connectivity index is 2.34. The molecule has 1 atom stereocenters. The summed E-state index contributed by atoms with van der Waals surface area (Å²) in [6.07, 6.45) is 4.89. The molecule has 0 fully saturated rings. The topological polar surface area (TPSA) is 24.9 Å². The maximum atomic E-state index is 4.02. The van der Waals surface area contributed by atoms with Crippen LogP contribution in [-0.2, 0) is 0 Å². The van der Waals surface area contributed by atoms with E-state index in [-0.39, 0.29) is 0 Å².